The Morgan fingerprint density at radius 1 is 1.12 bits per heavy atom. The van der Waals surface area contributed by atoms with E-state index in [1.807, 2.05) is 11.1 Å². The highest BCUT2D eigenvalue weighted by molar-refractivity contribution is 5.92. The van der Waals surface area contributed by atoms with Gasteiger partial charge in [-0.2, -0.15) is 0 Å². The summed E-state index contributed by atoms with van der Waals surface area (Å²) in [6.07, 6.45) is 4.24. The lowest BCUT2D eigenvalue weighted by Gasteiger charge is -2.35. The van der Waals surface area contributed by atoms with E-state index in [9.17, 15) is 9.18 Å². The van der Waals surface area contributed by atoms with E-state index in [4.69, 9.17) is 14.5 Å². The summed E-state index contributed by atoms with van der Waals surface area (Å²) in [6.45, 7) is 0. The van der Waals surface area contributed by atoms with Gasteiger partial charge >= 0.3 is 6.03 Å². The Morgan fingerprint density at radius 2 is 1.94 bits per heavy atom. The van der Waals surface area contributed by atoms with Gasteiger partial charge < -0.3 is 19.7 Å². The number of nitrogens with zero attached hydrogens (tertiary/aromatic N) is 3. The van der Waals surface area contributed by atoms with Crippen molar-refractivity contribution in [1.82, 2.24) is 14.9 Å². The molecule has 5 rings (SSSR count). The van der Waals surface area contributed by atoms with E-state index in [-0.39, 0.29) is 23.9 Å². The Balaban J connectivity index is 1.39. The van der Waals surface area contributed by atoms with Crippen molar-refractivity contribution in [3.63, 3.8) is 0 Å². The summed E-state index contributed by atoms with van der Waals surface area (Å²) < 4.78 is 23.9. The minimum absolute atomic E-state index is 0.0627. The van der Waals surface area contributed by atoms with Gasteiger partial charge in [-0.3, -0.25) is 0 Å². The van der Waals surface area contributed by atoms with Crippen LogP contribution in [-0.2, 0) is 6.42 Å². The minimum Gasteiger partial charge on any atom is -0.497 e. The molecule has 1 fully saturated rings. The number of nitrogens with one attached hydrogen (secondary N) is 1. The van der Waals surface area contributed by atoms with Crippen molar-refractivity contribution in [2.24, 2.45) is 0 Å². The second kappa shape index (κ2) is 8.11. The number of fused-ring (bicyclic) bond motifs is 4. The highest BCUT2D eigenvalue weighted by Gasteiger charge is 2.43. The maximum Gasteiger partial charge on any atom is 0.322 e. The van der Waals surface area contributed by atoms with E-state index >= 15 is 0 Å². The standard InChI is InChI=1S/C24H23FN4O3/c1-31-17-8-9-19(22(12-17)32-2)28-24(30)29-16-7-10-21(29)18-13-26-23(27-20(18)11-16)14-3-5-15(25)6-4-14/h3-6,8-9,12-13,16,21H,7,10-11H2,1-2H3,(H,28,30). The SMILES string of the molecule is COc1ccc(NC(=O)N2C3CCC2c2cnc(-c4ccc(F)cc4)nc2C3)c(OC)c1. The molecule has 0 radical (unpaired) electrons. The maximum atomic E-state index is 13.2. The first-order chi connectivity index (χ1) is 15.6. The molecule has 3 aromatic rings. The average molecular weight is 434 g/mol. The molecule has 1 saturated heterocycles. The number of methoxy groups -OCH3 is 2. The second-order valence-corrected chi connectivity index (χ2v) is 7.96. The Bertz CT molecular complexity index is 1170. The Kier molecular flexibility index (Phi) is 5.13. The van der Waals surface area contributed by atoms with Gasteiger partial charge in [0, 0.05) is 35.9 Å². The van der Waals surface area contributed by atoms with Crippen LogP contribution >= 0.6 is 0 Å². The molecule has 0 spiro atoms. The number of rotatable bonds is 4. The second-order valence-electron chi connectivity index (χ2n) is 7.96. The Morgan fingerprint density at radius 3 is 2.69 bits per heavy atom. The van der Waals surface area contributed by atoms with Crippen LogP contribution in [0.2, 0.25) is 0 Å². The quantitative estimate of drug-likeness (QED) is 0.650. The van der Waals surface area contributed by atoms with Crippen molar-refractivity contribution < 1.29 is 18.7 Å². The summed E-state index contributed by atoms with van der Waals surface area (Å²) in [4.78, 5) is 24.4. The fourth-order valence-corrected chi connectivity index (χ4v) is 4.61. The zero-order chi connectivity index (χ0) is 22.2. The van der Waals surface area contributed by atoms with Crippen LogP contribution < -0.4 is 14.8 Å². The number of ether oxygens (including phenoxy) is 2. The van der Waals surface area contributed by atoms with Gasteiger partial charge in [-0.15, -0.1) is 0 Å². The van der Waals surface area contributed by atoms with Crippen LogP contribution in [0.3, 0.4) is 0 Å². The molecule has 3 heterocycles. The van der Waals surface area contributed by atoms with Gasteiger partial charge in [0.25, 0.3) is 0 Å². The lowest BCUT2D eigenvalue weighted by Crippen LogP contribution is -2.44. The zero-order valence-corrected chi connectivity index (χ0v) is 17.8. The molecular formula is C24H23FN4O3. The van der Waals surface area contributed by atoms with Crippen LogP contribution in [0, 0.1) is 5.82 Å². The Labute approximate surface area is 185 Å². The molecule has 2 aromatic carbocycles. The molecule has 2 aliphatic rings. The summed E-state index contributed by atoms with van der Waals surface area (Å²) in [7, 11) is 3.14. The fourth-order valence-electron chi connectivity index (χ4n) is 4.61. The van der Waals surface area contributed by atoms with Gasteiger partial charge in [0.2, 0.25) is 0 Å². The van der Waals surface area contributed by atoms with E-state index in [0.29, 0.717) is 29.4 Å². The first kappa shape index (κ1) is 20.2. The summed E-state index contributed by atoms with van der Waals surface area (Å²) in [5.41, 5.74) is 3.29. The van der Waals surface area contributed by atoms with Gasteiger partial charge in [-0.05, 0) is 49.2 Å². The van der Waals surface area contributed by atoms with Gasteiger partial charge in [0.05, 0.1) is 31.6 Å². The summed E-state index contributed by atoms with van der Waals surface area (Å²) >= 11 is 0. The summed E-state index contributed by atoms with van der Waals surface area (Å²) in [5, 5.41) is 2.99. The van der Waals surface area contributed by atoms with Crippen LogP contribution in [0.1, 0.15) is 30.1 Å². The van der Waals surface area contributed by atoms with Crippen molar-refractivity contribution in [1.29, 1.82) is 0 Å². The van der Waals surface area contributed by atoms with Crippen molar-refractivity contribution in [3.8, 4) is 22.9 Å². The number of halogens is 1. The number of carbonyl (C=O) groups excluding carboxylic acids is 1. The highest BCUT2D eigenvalue weighted by Crippen LogP contribution is 2.44. The largest absolute Gasteiger partial charge is 0.497 e. The smallest absolute Gasteiger partial charge is 0.322 e. The number of amides is 2. The zero-order valence-electron chi connectivity index (χ0n) is 17.8. The third-order valence-electron chi connectivity index (χ3n) is 6.18. The Hall–Kier alpha value is -3.68. The number of urea groups is 1. The van der Waals surface area contributed by atoms with E-state index in [2.05, 4.69) is 10.3 Å². The first-order valence-electron chi connectivity index (χ1n) is 10.5. The average Bonchev–Trinajstić information content (AvgIpc) is 3.14. The highest BCUT2D eigenvalue weighted by atomic mass is 19.1. The molecule has 2 amide bonds. The normalized spacial score (nSPS) is 18.8. The van der Waals surface area contributed by atoms with Gasteiger partial charge in [0.1, 0.15) is 17.3 Å². The van der Waals surface area contributed by atoms with Gasteiger partial charge in [-0.1, -0.05) is 0 Å². The molecule has 0 aliphatic carbocycles. The van der Waals surface area contributed by atoms with E-state index in [0.717, 1.165) is 29.7 Å². The predicted octanol–water partition coefficient (Wildman–Crippen LogP) is 4.59. The molecular weight excluding hydrogens is 411 g/mol. The molecule has 2 atom stereocenters. The van der Waals surface area contributed by atoms with Crippen molar-refractivity contribution >= 4 is 11.7 Å². The number of aromatic nitrogens is 2. The van der Waals surface area contributed by atoms with Crippen molar-refractivity contribution in [3.05, 3.63) is 65.7 Å². The molecule has 2 bridgehead atoms. The lowest BCUT2D eigenvalue weighted by molar-refractivity contribution is 0.178. The number of benzene rings is 2. The summed E-state index contributed by atoms with van der Waals surface area (Å²) in [6, 6.07) is 11.3. The summed E-state index contributed by atoms with van der Waals surface area (Å²) in [5.74, 6) is 1.47. The number of anilines is 1. The van der Waals surface area contributed by atoms with Crippen molar-refractivity contribution in [2.45, 2.75) is 31.3 Å². The molecule has 2 aliphatic heterocycles. The third-order valence-corrected chi connectivity index (χ3v) is 6.18. The van der Waals surface area contributed by atoms with E-state index in [1.165, 1.54) is 12.1 Å². The molecule has 164 valence electrons. The molecule has 32 heavy (non-hydrogen) atoms. The third kappa shape index (κ3) is 3.51. The van der Waals surface area contributed by atoms with Crippen LogP contribution in [0.4, 0.5) is 14.9 Å². The minimum atomic E-state index is -0.292. The van der Waals surface area contributed by atoms with Crippen LogP contribution in [0.15, 0.2) is 48.7 Å². The number of hydrogen-bond donors (Lipinski definition) is 1. The van der Waals surface area contributed by atoms with Crippen LogP contribution in [0.5, 0.6) is 11.5 Å². The van der Waals surface area contributed by atoms with Gasteiger partial charge in [-0.25, -0.2) is 19.2 Å². The molecule has 0 saturated carbocycles. The van der Waals surface area contributed by atoms with Gasteiger partial charge in [0.15, 0.2) is 5.82 Å². The van der Waals surface area contributed by atoms with Crippen LogP contribution in [-0.4, -0.2) is 41.2 Å². The lowest BCUT2D eigenvalue weighted by atomic mass is 9.99. The maximum absolute atomic E-state index is 13.2. The van der Waals surface area contributed by atoms with E-state index < -0.39 is 0 Å². The number of hydrogen-bond acceptors (Lipinski definition) is 5. The number of carbonyl (C=O) groups is 1. The molecule has 1 N–H and O–H groups in total. The molecule has 2 unspecified atom stereocenters. The fraction of sp³-hybridized carbons (Fsp3) is 0.292. The molecule has 7 nitrogen and oxygen atoms in total. The van der Waals surface area contributed by atoms with E-state index in [1.54, 1.807) is 44.6 Å². The van der Waals surface area contributed by atoms with Crippen LogP contribution in [0.25, 0.3) is 11.4 Å². The topological polar surface area (TPSA) is 76.6 Å². The first-order valence-corrected chi connectivity index (χ1v) is 10.5. The molecule has 8 heteroatoms. The predicted molar refractivity (Wildman–Crippen MR) is 117 cm³/mol. The van der Waals surface area contributed by atoms with Crippen molar-refractivity contribution in [2.75, 3.05) is 19.5 Å². The molecule has 1 aromatic heterocycles. The monoisotopic (exact) mass is 434 g/mol.